The van der Waals surface area contributed by atoms with E-state index in [2.05, 4.69) is 0 Å². The highest BCUT2D eigenvalue weighted by atomic mass is 19.1. The number of aliphatic hydroxyl groups excluding tert-OH is 1. The number of aliphatic hydroxyl groups is 1. The Morgan fingerprint density at radius 1 is 1.54 bits per heavy atom. The summed E-state index contributed by atoms with van der Waals surface area (Å²) >= 11 is 0. The van der Waals surface area contributed by atoms with E-state index in [4.69, 9.17) is 4.74 Å². The maximum atomic E-state index is 13.0. The molecule has 0 saturated carbocycles. The van der Waals surface area contributed by atoms with Crippen molar-refractivity contribution in [3.63, 3.8) is 0 Å². The lowest BCUT2D eigenvalue weighted by Gasteiger charge is -2.23. The number of halogens is 1. The standard InChI is InChI=1S/C10H11FO2/c1-6-4-7(11)5-8-9(12)2-3-13-10(6)8/h4-5,9,12H,2-3H2,1H3/t9-/m1/s1. The minimum absolute atomic E-state index is 0.319. The van der Waals surface area contributed by atoms with Gasteiger partial charge < -0.3 is 9.84 Å². The van der Waals surface area contributed by atoms with Crippen LogP contribution in [-0.4, -0.2) is 11.7 Å². The van der Waals surface area contributed by atoms with E-state index in [1.165, 1.54) is 12.1 Å². The topological polar surface area (TPSA) is 29.5 Å². The highest BCUT2D eigenvalue weighted by Crippen LogP contribution is 2.35. The zero-order chi connectivity index (χ0) is 9.42. The third-order valence-corrected chi connectivity index (χ3v) is 2.26. The molecule has 1 aromatic rings. The molecule has 0 aromatic heterocycles. The third-order valence-electron chi connectivity index (χ3n) is 2.26. The number of ether oxygens (including phenoxy) is 1. The van der Waals surface area contributed by atoms with Crippen molar-refractivity contribution < 1.29 is 14.2 Å². The number of benzene rings is 1. The Kier molecular flexibility index (Phi) is 1.96. The number of hydrogen-bond donors (Lipinski definition) is 1. The van der Waals surface area contributed by atoms with Gasteiger partial charge in [0.2, 0.25) is 0 Å². The van der Waals surface area contributed by atoms with Crippen LogP contribution in [0.3, 0.4) is 0 Å². The lowest BCUT2D eigenvalue weighted by Crippen LogP contribution is -2.15. The van der Waals surface area contributed by atoms with E-state index in [-0.39, 0.29) is 5.82 Å². The summed E-state index contributed by atoms with van der Waals surface area (Å²) in [5.41, 5.74) is 1.32. The Bertz CT molecular complexity index is 336. The average Bonchev–Trinajstić information content (AvgIpc) is 2.07. The minimum atomic E-state index is -0.585. The summed E-state index contributed by atoms with van der Waals surface area (Å²) in [7, 11) is 0. The second-order valence-electron chi connectivity index (χ2n) is 3.29. The molecule has 13 heavy (non-hydrogen) atoms. The first-order chi connectivity index (χ1) is 6.18. The molecule has 0 amide bonds. The van der Waals surface area contributed by atoms with E-state index in [0.717, 1.165) is 5.56 Å². The van der Waals surface area contributed by atoms with Gasteiger partial charge in [-0.15, -0.1) is 0 Å². The van der Waals surface area contributed by atoms with Crippen LogP contribution in [0.4, 0.5) is 4.39 Å². The van der Waals surface area contributed by atoms with Crippen LogP contribution < -0.4 is 4.74 Å². The van der Waals surface area contributed by atoms with E-state index in [1.54, 1.807) is 6.92 Å². The Morgan fingerprint density at radius 3 is 3.08 bits per heavy atom. The fourth-order valence-electron chi connectivity index (χ4n) is 1.63. The molecule has 1 heterocycles. The minimum Gasteiger partial charge on any atom is -0.493 e. The van der Waals surface area contributed by atoms with Gasteiger partial charge in [-0.1, -0.05) is 0 Å². The second kappa shape index (κ2) is 3.00. The van der Waals surface area contributed by atoms with Crippen molar-refractivity contribution >= 4 is 0 Å². The Labute approximate surface area is 76.0 Å². The Balaban J connectivity index is 2.56. The van der Waals surface area contributed by atoms with Crippen LogP contribution in [0.1, 0.15) is 23.7 Å². The monoisotopic (exact) mass is 182 g/mol. The van der Waals surface area contributed by atoms with Crippen molar-refractivity contribution in [1.82, 2.24) is 0 Å². The second-order valence-corrected chi connectivity index (χ2v) is 3.29. The van der Waals surface area contributed by atoms with Crippen LogP contribution in [0.25, 0.3) is 0 Å². The molecule has 0 saturated heterocycles. The van der Waals surface area contributed by atoms with E-state index in [9.17, 15) is 9.50 Å². The fourth-order valence-corrected chi connectivity index (χ4v) is 1.63. The maximum absolute atomic E-state index is 13.0. The molecular weight excluding hydrogens is 171 g/mol. The highest BCUT2D eigenvalue weighted by Gasteiger charge is 2.21. The summed E-state index contributed by atoms with van der Waals surface area (Å²) in [6.45, 7) is 2.28. The molecule has 1 N–H and O–H groups in total. The van der Waals surface area contributed by atoms with Gasteiger partial charge in [0, 0.05) is 12.0 Å². The molecule has 0 fully saturated rings. The lowest BCUT2D eigenvalue weighted by atomic mass is 10.0. The third kappa shape index (κ3) is 1.40. The van der Waals surface area contributed by atoms with Crippen LogP contribution in [-0.2, 0) is 0 Å². The van der Waals surface area contributed by atoms with Gasteiger partial charge in [0.25, 0.3) is 0 Å². The molecule has 1 aliphatic heterocycles. The molecule has 3 heteroatoms. The van der Waals surface area contributed by atoms with Gasteiger partial charge in [0.15, 0.2) is 0 Å². The SMILES string of the molecule is Cc1cc(F)cc2c1OCC[C@H]2O. The van der Waals surface area contributed by atoms with Gasteiger partial charge in [-0.05, 0) is 24.6 Å². The molecule has 2 rings (SSSR count). The predicted molar refractivity (Wildman–Crippen MR) is 46.2 cm³/mol. The first-order valence-electron chi connectivity index (χ1n) is 4.29. The normalized spacial score (nSPS) is 20.7. The Morgan fingerprint density at radius 2 is 2.31 bits per heavy atom. The number of rotatable bonds is 0. The van der Waals surface area contributed by atoms with E-state index >= 15 is 0 Å². The summed E-state index contributed by atoms with van der Waals surface area (Å²) < 4.78 is 18.3. The van der Waals surface area contributed by atoms with Gasteiger partial charge in [-0.25, -0.2) is 4.39 Å². The molecule has 70 valence electrons. The number of hydrogen-bond acceptors (Lipinski definition) is 2. The molecule has 0 unspecified atom stereocenters. The van der Waals surface area contributed by atoms with Gasteiger partial charge in [-0.2, -0.15) is 0 Å². The van der Waals surface area contributed by atoms with E-state index in [1.807, 2.05) is 0 Å². The molecule has 1 aromatic carbocycles. The quantitative estimate of drug-likeness (QED) is 0.664. The van der Waals surface area contributed by atoms with Crippen LogP contribution in [0, 0.1) is 12.7 Å². The number of aryl methyl sites for hydroxylation is 1. The summed E-state index contributed by atoms with van der Waals surface area (Å²) in [6, 6.07) is 2.75. The van der Waals surface area contributed by atoms with E-state index < -0.39 is 6.10 Å². The summed E-state index contributed by atoms with van der Waals surface area (Å²) in [6.07, 6.45) is -0.0475. The summed E-state index contributed by atoms with van der Waals surface area (Å²) in [5.74, 6) is 0.320. The van der Waals surface area contributed by atoms with Gasteiger partial charge in [-0.3, -0.25) is 0 Å². The van der Waals surface area contributed by atoms with Crippen molar-refractivity contribution in [1.29, 1.82) is 0 Å². The predicted octanol–water partition coefficient (Wildman–Crippen LogP) is 1.95. The van der Waals surface area contributed by atoms with Crippen molar-refractivity contribution in [3.05, 3.63) is 29.1 Å². The van der Waals surface area contributed by atoms with Crippen molar-refractivity contribution in [2.45, 2.75) is 19.4 Å². The van der Waals surface area contributed by atoms with Crippen LogP contribution in [0.2, 0.25) is 0 Å². The molecular formula is C10H11FO2. The average molecular weight is 182 g/mol. The first-order valence-corrected chi connectivity index (χ1v) is 4.29. The maximum Gasteiger partial charge on any atom is 0.128 e. The smallest absolute Gasteiger partial charge is 0.128 e. The van der Waals surface area contributed by atoms with E-state index in [0.29, 0.717) is 24.3 Å². The fraction of sp³-hybridized carbons (Fsp3) is 0.400. The molecule has 1 atom stereocenters. The molecule has 0 radical (unpaired) electrons. The van der Waals surface area contributed by atoms with Crippen molar-refractivity contribution in [3.8, 4) is 5.75 Å². The molecule has 0 bridgehead atoms. The summed E-state index contributed by atoms with van der Waals surface area (Å²) in [4.78, 5) is 0. The van der Waals surface area contributed by atoms with Crippen molar-refractivity contribution in [2.24, 2.45) is 0 Å². The van der Waals surface area contributed by atoms with Gasteiger partial charge in [0.05, 0.1) is 12.7 Å². The van der Waals surface area contributed by atoms with Crippen LogP contribution in [0.5, 0.6) is 5.75 Å². The zero-order valence-electron chi connectivity index (χ0n) is 7.38. The molecule has 0 aliphatic carbocycles. The molecule has 1 aliphatic rings. The zero-order valence-corrected chi connectivity index (χ0v) is 7.38. The van der Waals surface area contributed by atoms with Gasteiger partial charge in [0.1, 0.15) is 11.6 Å². The van der Waals surface area contributed by atoms with Crippen LogP contribution in [0.15, 0.2) is 12.1 Å². The highest BCUT2D eigenvalue weighted by molar-refractivity contribution is 5.43. The number of fused-ring (bicyclic) bond motifs is 1. The van der Waals surface area contributed by atoms with Crippen molar-refractivity contribution in [2.75, 3.05) is 6.61 Å². The van der Waals surface area contributed by atoms with Gasteiger partial charge >= 0.3 is 0 Å². The first kappa shape index (κ1) is 8.51. The largest absolute Gasteiger partial charge is 0.493 e. The summed E-state index contributed by atoms with van der Waals surface area (Å²) in [5, 5.41) is 9.56. The molecule has 0 spiro atoms. The lowest BCUT2D eigenvalue weighted by molar-refractivity contribution is 0.114. The van der Waals surface area contributed by atoms with Crippen LogP contribution >= 0.6 is 0 Å². The Hall–Kier alpha value is -1.09. The molecule has 2 nitrogen and oxygen atoms in total.